The van der Waals surface area contributed by atoms with Gasteiger partial charge in [-0.05, 0) is 41.9 Å². The lowest BCUT2D eigenvalue weighted by atomic mass is 9.70. The predicted molar refractivity (Wildman–Crippen MR) is 83.9 cm³/mol. The Labute approximate surface area is 131 Å². The summed E-state index contributed by atoms with van der Waals surface area (Å²) in [6.45, 7) is 6.22. The van der Waals surface area contributed by atoms with Gasteiger partial charge in [-0.15, -0.1) is 0 Å². The van der Waals surface area contributed by atoms with Crippen molar-refractivity contribution in [1.29, 1.82) is 0 Å². The van der Waals surface area contributed by atoms with Crippen LogP contribution in [0.1, 0.15) is 39.2 Å². The van der Waals surface area contributed by atoms with Crippen molar-refractivity contribution in [3.05, 3.63) is 35.4 Å². The van der Waals surface area contributed by atoms with Gasteiger partial charge in [0.1, 0.15) is 4.90 Å². The van der Waals surface area contributed by atoms with E-state index in [9.17, 15) is 17.8 Å². The maximum Gasteiger partial charge on any atom is 0.295 e. The van der Waals surface area contributed by atoms with Gasteiger partial charge >= 0.3 is 0 Å². The molecule has 2 aliphatic carbocycles. The third kappa shape index (κ3) is 1.92. The summed E-state index contributed by atoms with van der Waals surface area (Å²) in [5.74, 6) is 0.248. The Bertz CT molecular complexity index is 789. The van der Waals surface area contributed by atoms with Crippen molar-refractivity contribution in [2.24, 2.45) is 16.7 Å². The lowest BCUT2D eigenvalue weighted by molar-refractivity contribution is -0.125. The number of carbonyl (C=O) groups excluding carboxylic acids is 1. The third-order valence-corrected chi connectivity index (χ3v) is 6.80. The molecule has 22 heavy (non-hydrogen) atoms. The molecule has 2 unspecified atom stereocenters. The fraction of sp³-hybridized carbons (Fsp3) is 0.471. The van der Waals surface area contributed by atoms with E-state index >= 15 is 0 Å². The second-order valence-electron chi connectivity index (χ2n) is 7.09. The van der Waals surface area contributed by atoms with Gasteiger partial charge in [-0.3, -0.25) is 9.35 Å². The molecule has 3 rings (SSSR count). The quantitative estimate of drug-likeness (QED) is 0.670. The Hall–Kier alpha value is -1.46. The number of benzene rings is 1. The Morgan fingerprint density at radius 3 is 2.41 bits per heavy atom. The summed E-state index contributed by atoms with van der Waals surface area (Å²) in [5.41, 5.74) is 0.564. The normalized spacial score (nSPS) is 31.9. The predicted octanol–water partition coefficient (Wildman–Crippen LogP) is 3.34. The van der Waals surface area contributed by atoms with Gasteiger partial charge in [-0.25, -0.2) is 0 Å². The summed E-state index contributed by atoms with van der Waals surface area (Å²) < 4.78 is 32.4. The number of ketones is 1. The van der Waals surface area contributed by atoms with Gasteiger partial charge in [0.05, 0.1) is 0 Å². The molecule has 0 radical (unpaired) electrons. The zero-order chi connectivity index (χ0) is 16.3. The third-order valence-electron chi connectivity index (χ3n) is 5.87. The summed E-state index contributed by atoms with van der Waals surface area (Å²) >= 11 is 0. The molecule has 0 aliphatic heterocycles. The highest BCUT2D eigenvalue weighted by molar-refractivity contribution is 7.85. The number of hydrogen-bond donors (Lipinski definition) is 1. The minimum atomic E-state index is -4.31. The van der Waals surface area contributed by atoms with Crippen LogP contribution >= 0.6 is 0 Å². The Balaban J connectivity index is 2.15. The van der Waals surface area contributed by atoms with Crippen LogP contribution in [0.4, 0.5) is 0 Å². The second-order valence-corrected chi connectivity index (χ2v) is 8.48. The summed E-state index contributed by atoms with van der Waals surface area (Å²) in [6.07, 6.45) is 3.47. The molecule has 0 amide bonds. The molecule has 2 aliphatic rings. The van der Waals surface area contributed by atoms with Crippen LogP contribution in [0.3, 0.4) is 0 Å². The van der Waals surface area contributed by atoms with Crippen LogP contribution in [-0.2, 0) is 14.9 Å². The highest BCUT2D eigenvalue weighted by Crippen LogP contribution is 2.65. The van der Waals surface area contributed by atoms with E-state index in [4.69, 9.17) is 0 Å². The van der Waals surface area contributed by atoms with E-state index in [0.717, 1.165) is 12.8 Å². The molecule has 1 aromatic rings. The molecule has 1 aromatic carbocycles. The average Bonchev–Trinajstić information content (AvgIpc) is 2.72. The van der Waals surface area contributed by atoms with Gasteiger partial charge in [0.15, 0.2) is 5.78 Å². The maximum atomic E-state index is 12.8. The number of hydrogen-bond acceptors (Lipinski definition) is 3. The van der Waals surface area contributed by atoms with Crippen molar-refractivity contribution in [2.45, 2.75) is 38.5 Å². The van der Waals surface area contributed by atoms with Crippen LogP contribution in [0.2, 0.25) is 0 Å². The van der Waals surface area contributed by atoms with Crippen LogP contribution in [0.5, 0.6) is 0 Å². The molecule has 5 heteroatoms. The van der Waals surface area contributed by atoms with Crippen molar-refractivity contribution in [3.8, 4) is 0 Å². The first kappa shape index (κ1) is 15.4. The Morgan fingerprint density at radius 1 is 1.23 bits per heavy atom. The molecule has 2 atom stereocenters. The fourth-order valence-electron chi connectivity index (χ4n) is 4.10. The first-order valence-corrected chi connectivity index (χ1v) is 8.86. The van der Waals surface area contributed by atoms with E-state index in [1.165, 1.54) is 6.07 Å². The van der Waals surface area contributed by atoms with Crippen LogP contribution in [0.25, 0.3) is 6.08 Å². The number of Topliss-reactive ketones (excluding diaryl/α,β-unsaturated/α-hetero) is 1. The van der Waals surface area contributed by atoms with Crippen molar-refractivity contribution in [3.63, 3.8) is 0 Å². The van der Waals surface area contributed by atoms with Crippen molar-refractivity contribution in [2.75, 3.05) is 0 Å². The minimum Gasteiger partial charge on any atom is -0.294 e. The van der Waals surface area contributed by atoms with E-state index in [1.807, 2.05) is 6.92 Å². The molecule has 4 nitrogen and oxygen atoms in total. The number of rotatable bonds is 2. The zero-order valence-corrected chi connectivity index (χ0v) is 13.8. The van der Waals surface area contributed by atoms with Crippen LogP contribution in [0.15, 0.2) is 34.7 Å². The number of fused-ring (bicyclic) bond motifs is 2. The highest BCUT2D eigenvalue weighted by atomic mass is 32.2. The van der Waals surface area contributed by atoms with Gasteiger partial charge in [-0.2, -0.15) is 8.42 Å². The smallest absolute Gasteiger partial charge is 0.294 e. The molecule has 0 spiro atoms. The van der Waals surface area contributed by atoms with E-state index in [-0.39, 0.29) is 27.4 Å². The number of carbonyl (C=O) groups is 1. The topological polar surface area (TPSA) is 71.4 Å². The first-order valence-electron chi connectivity index (χ1n) is 7.42. The van der Waals surface area contributed by atoms with Crippen LogP contribution in [-0.4, -0.2) is 18.8 Å². The van der Waals surface area contributed by atoms with Crippen molar-refractivity contribution in [1.82, 2.24) is 0 Å². The molecule has 0 aromatic heterocycles. The summed E-state index contributed by atoms with van der Waals surface area (Å²) in [5, 5.41) is 0. The van der Waals surface area contributed by atoms with Gasteiger partial charge < -0.3 is 0 Å². The minimum absolute atomic E-state index is 0.110. The van der Waals surface area contributed by atoms with Gasteiger partial charge in [-0.1, -0.05) is 39.0 Å². The van der Waals surface area contributed by atoms with E-state index < -0.39 is 10.1 Å². The van der Waals surface area contributed by atoms with Gasteiger partial charge in [0.2, 0.25) is 0 Å². The number of allylic oxidation sites excluding steroid dienone is 1. The summed E-state index contributed by atoms with van der Waals surface area (Å²) in [7, 11) is -4.31. The Morgan fingerprint density at radius 2 is 1.86 bits per heavy atom. The standard InChI is InChI=1S/C17H20O4S/c1-16(2)13-8-9-17(16,3)15(18)12(13)10-11-6-4-5-7-14(11)22(19,20)21/h4-7,10,13H,8-9H2,1-3H3,(H,19,20,21). The highest BCUT2D eigenvalue weighted by Gasteiger charge is 2.63. The van der Waals surface area contributed by atoms with E-state index in [1.54, 1.807) is 24.3 Å². The van der Waals surface area contributed by atoms with Gasteiger partial charge in [0, 0.05) is 11.0 Å². The van der Waals surface area contributed by atoms with Crippen LogP contribution < -0.4 is 0 Å². The fourth-order valence-corrected chi connectivity index (χ4v) is 4.77. The monoisotopic (exact) mass is 320 g/mol. The van der Waals surface area contributed by atoms with Crippen LogP contribution in [0, 0.1) is 16.7 Å². The molecule has 2 saturated carbocycles. The molecule has 0 saturated heterocycles. The lowest BCUT2D eigenvalue weighted by Crippen LogP contribution is -2.32. The molecule has 2 fully saturated rings. The largest absolute Gasteiger partial charge is 0.295 e. The molecular formula is C17H20O4S. The molecular weight excluding hydrogens is 300 g/mol. The average molecular weight is 320 g/mol. The van der Waals surface area contributed by atoms with E-state index in [0.29, 0.717) is 11.1 Å². The molecule has 0 heterocycles. The summed E-state index contributed by atoms with van der Waals surface area (Å²) in [6, 6.07) is 6.22. The maximum absolute atomic E-state index is 12.8. The lowest BCUT2D eigenvalue weighted by Gasteiger charge is -2.31. The second kappa shape index (κ2) is 4.52. The van der Waals surface area contributed by atoms with Crippen molar-refractivity contribution < 1.29 is 17.8 Å². The molecule has 2 bridgehead atoms. The molecule has 1 N–H and O–H groups in total. The van der Waals surface area contributed by atoms with E-state index in [2.05, 4.69) is 13.8 Å². The first-order chi connectivity index (χ1) is 10.1. The summed E-state index contributed by atoms with van der Waals surface area (Å²) in [4.78, 5) is 12.6. The molecule has 118 valence electrons. The van der Waals surface area contributed by atoms with Gasteiger partial charge in [0.25, 0.3) is 10.1 Å². The SMILES string of the molecule is CC12CCC(C(=Cc3ccccc3S(=O)(=O)O)C1=O)C2(C)C. The van der Waals surface area contributed by atoms with Crippen molar-refractivity contribution >= 4 is 22.0 Å². The Kier molecular flexibility index (Phi) is 3.17. The zero-order valence-electron chi connectivity index (χ0n) is 13.0.